The van der Waals surface area contributed by atoms with E-state index < -0.39 is 0 Å². The van der Waals surface area contributed by atoms with Crippen molar-refractivity contribution in [2.24, 2.45) is 0 Å². The van der Waals surface area contributed by atoms with Crippen LogP contribution in [0.1, 0.15) is 12.5 Å². The van der Waals surface area contributed by atoms with Crippen LogP contribution in [0.15, 0.2) is 66.7 Å². The van der Waals surface area contributed by atoms with Gasteiger partial charge in [0.15, 0.2) is 0 Å². The van der Waals surface area contributed by atoms with Gasteiger partial charge in [0.1, 0.15) is 5.75 Å². The second-order valence-electron chi connectivity index (χ2n) is 6.19. The minimum absolute atomic E-state index is 0.800. The summed E-state index contributed by atoms with van der Waals surface area (Å²) in [5.41, 5.74) is 4.98. The molecule has 0 atom stereocenters. The lowest BCUT2D eigenvalue weighted by molar-refractivity contribution is 0.415. The van der Waals surface area contributed by atoms with Gasteiger partial charge in [0.25, 0.3) is 0 Å². The maximum absolute atomic E-state index is 5.20. The van der Waals surface area contributed by atoms with Crippen LogP contribution in [0.5, 0.6) is 5.75 Å². The van der Waals surface area contributed by atoms with Crippen molar-refractivity contribution in [3.8, 4) is 5.75 Å². The van der Waals surface area contributed by atoms with Crippen molar-refractivity contribution < 1.29 is 4.74 Å². The third kappa shape index (κ3) is 2.82. The standard InChI is InChI=1S/C22H22N2O/c1-3-24-21-7-5-4-6-19(21)20-14-16(8-13-22(20)24)15-23-17-9-11-18(25-2)12-10-17/h4-14,23H,3,15H2,1-2H3. The van der Waals surface area contributed by atoms with Gasteiger partial charge < -0.3 is 14.6 Å². The number of para-hydroxylation sites is 1. The molecule has 0 aliphatic rings. The number of rotatable bonds is 5. The van der Waals surface area contributed by atoms with E-state index >= 15 is 0 Å². The van der Waals surface area contributed by atoms with Gasteiger partial charge in [-0.2, -0.15) is 0 Å². The Balaban J connectivity index is 1.65. The van der Waals surface area contributed by atoms with Crippen molar-refractivity contribution >= 4 is 27.5 Å². The third-order valence-corrected chi connectivity index (χ3v) is 4.74. The number of methoxy groups -OCH3 is 1. The van der Waals surface area contributed by atoms with E-state index in [1.165, 1.54) is 27.4 Å². The molecule has 4 aromatic rings. The van der Waals surface area contributed by atoms with Gasteiger partial charge in [-0.25, -0.2) is 0 Å². The molecule has 3 heteroatoms. The summed E-state index contributed by atoms with van der Waals surface area (Å²) in [6.07, 6.45) is 0. The summed E-state index contributed by atoms with van der Waals surface area (Å²) in [6, 6.07) is 23.4. The molecule has 0 amide bonds. The van der Waals surface area contributed by atoms with Crippen molar-refractivity contribution in [3.05, 3.63) is 72.3 Å². The van der Waals surface area contributed by atoms with Crippen LogP contribution in [0.3, 0.4) is 0 Å². The first-order chi connectivity index (χ1) is 12.3. The molecule has 0 unspecified atom stereocenters. The predicted molar refractivity (Wildman–Crippen MR) is 105 cm³/mol. The van der Waals surface area contributed by atoms with Crippen molar-refractivity contribution in [2.75, 3.05) is 12.4 Å². The first-order valence-corrected chi connectivity index (χ1v) is 8.68. The molecule has 0 saturated heterocycles. The number of nitrogens with zero attached hydrogens (tertiary/aromatic N) is 1. The van der Waals surface area contributed by atoms with Gasteiger partial charge in [-0.05, 0) is 55.0 Å². The summed E-state index contributed by atoms with van der Waals surface area (Å²) in [4.78, 5) is 0. The molecule has 0 bridgehead atoms. The largest absolute Gasteiger partial charge is 0.497 e. The number of aryl methyl sites for hydroxylation is 1. The number of aromatic nitrogens is 1. The molecule has 126 valence electrons. The highest BCUT2D eigenvalue weighted by atomic mass is 16.5. The zero-order valence-corrected chi connectivity index (χ0v) is 14.6. The highest BCUT2D eigenvalue weighted by molar-refractivity contribution is 6.08. The molecule has 4 rings (SSSR count). The highest BCUT2D eigenvalue weighted by Gasteiger charge is 2.09. The smallest absolute Gasteiger partial charge is 0.119 e. The van der Waals surface area contributed by atoms with Crippen molar-refractivity contribution in [1.82, 2.24) is 4.57 Å². The average Bonchev–Trinajstić information content (AvgIpc) is 3.00. The SMILES string of the molecule is CCn1c2ccccc2c2cc(CNc3ccc(OC)cc3)ccc21. The van der Waals surface area contributed by atoms with Crippen molar-refractivity contribution in [3.63, 3.8) is 0 Å². The van der Waals surface area contributed by atoms with E-state index in [1.54, 1.807) is 7.11 Å². The van der Waals surface area contributed by atoms with Crippen molar-refractivity contribution in [2.45, 2.75) is 20.0 Å². The Hall–Kier alpha value is -2.94. The monoisotopic (exact) mass is 330 g/mol. The second-order valence-corrected chi connectivity index (χ2v) is 6.19. The summed E-state index contributed by atoms with van der Waals surface area (Å²) in [7, 11) is 1.68. The van der Waals surface area contributed by atoms with Gasteiger partial charge in [0.05, 0.1) is 7.11 Å². The Labute approximate surface area is 147 Å². The van der Waals surface area contributed by atoms with Crippen LogP contribution in [0.4, 0.5) is 5.69 Å². The molecule has 3 nitrogen and oxygen atoms in total. The fourth-order valence-corrected chi connectivity index (χ4v) is 3.46. The number of nitrogens with one attached hydrogen (secondary N) is 1. The van der Waals surface area contributed by atoms with Crippen LogP contribution < -0.4 is 10.1 Å². The van der Waals surface area contributed by atoms with Crippen LogP contribution >= 0.6 is 0 Å². The fraction of sp³-hybridized carbons (Fsp3) is 0.182. The van der Waals surface area contributed by atoms with Crippen LogP contribution in [0, 0.1) is 0 Å². The normalized spacial score (nSPS) is 11.1. The Kier molecular flexibility index (Phi) is 4.06. The molecule has 0 aliphatic heterocycles. The van der Waals surface area contributed by atoms with Crippen LogP contribution in [0.25, 0.3) is 21.8 Å². The number of anilines is 1. The molecule has 0 fully saturated rings. The second kappa shape index (κ2) is 6.52. The predicted octanol–water partition coefficient (Wildman–Crippen LogP) is 5.44. The van der Waals surface area contributed by atoms with Gasteiger partial charge in [-0.3, -0.25) is 0 Å². The minimum atomic E-state index is 0.800. The molecule has 1 heterocycles. The lowest BCUT2D eigenvalue weighted by Crippen LogP contribution is -1.99. The molecule has 0 radical (unpaired) electrons. The highest BCUT2D eigenvalue weighted by Crippen LogP contribution is 2.30. The third-order valence-electron chi connectivity index (χ3n) is 4.74. The fourth-order valence-electron chi connectivity index (χ4n) is 3.46. The Bertz CT molecular complexity index is 1020. The molecule has 0 spiro atoms. The van der Waals surface area contributed by atoms with Crippen LogP contribution in [-0.4, -0.2) is 11.7 Å². The van der Waals surface area contributed by atoms with E-state index in [2.05, 4.69) is 59.3 Å². The molecular weight excluding hydrogens is 308 g/mol. The van der Waals surface area contributed by atoms with E-state index in [-0.39, 0.29) is 0 Å². The summed E-state index contributed by atoms with van der Waals surface area (Å²) in [5.74, 6) is 0.874. The molecule has 1 aromatic heterocycles. The molecule has 0 saturated carbocycles. The van der Waals surface area contributed by atoms with Crippen LogP contribution in [0.2, 0.25) is 0 Å². The van der Waals surface area contributed by atoms with Crippen molar-refractivity contribution in [1.29, 1.82) is 0 Å². The van der Waals surface area contributed by atoms with E-state index in [9.17, 15) is 0 Å². The summed E-state index contributed by atoms with van der Waals surface area (Å²) >= 11 is 0. The van der Waals surface area contributed by atoms with Gasteiger partial charge in [0, 0.05) is 40.6 Å². The Morgan fingerprint density at radius 1 is 0.880 bits per heavy atom. The van der Waals surface area contributed by atoms with E-state index in [0.717, 1.165) is 24.5 Å². The molecule has 25 heavy (non-hydrogen) atoms. The molecule has 1 N–H and O–H groups in total. The minimum Gasteiger partial charge on any atom is -0.497 e. The summed E-state index contributed by atoms with van der Waals surface area (Å²) in [6.45, 7) is 3.98. The zero-order chi connectivity index (χ0) is 17.2. The maximum atomic E-state index is 5.20. The van der Waals surface area contributed by atoms with E-state index in [0.29, 0.717) is 0 Å². The van der Waals surface area contributed by atoms with E-state index in [1.807, 2.05) is 24.3 Å². The maximum Gasteiger partial charge on any atom is 0.119 e. The molecule has 0 aliphatic carbocycles. The number of hydrogen-bond donors (Lipinski definition) is 1. The molecule has 3 aromatic carbocycles. The Morgan fingerprint density at radius 2 is 1.64 bits per heavy atom. The van der Waals surface area contributed by atoms with Gasteiger partial charge in [-0.15, -0.1) is 0 Å². The Morgan fingerprint density at radius 3 is 2.40 bits per heavy atom. The van der Waals surface area contributed by atoms with Gasteiger partial charge in [-0.1, -0.05) is 24.3 Å². The first-order valence-electron chi connectivity index (χ1n) is 8.68. The topological polar surface area (TPSA) is 26.2 Å². The number of hydrogen-bond acceptors (Lipinski definition) is 2. The van der Waals surface area contributed by atoms with E-state index in [4.69, 9.17) is 4.74 Å². The van der Waals surface area contributed by atoms with Crippen LogP contribution in [-0.2, 0) is 13.1 Å². The van der Waals surface area contributed by atoms with Gasteiger partial charge in [0.2, 0.25) is 0 Å². The van der Waals surface area contributed by atoms with Gasteiger partial charge >= 0.3 is 0 Å². The summed E-state index contributed by atoms with van der Waals surface area (Å²) in [5, 5.41) is 6.13. The zero-order valence-electron chi connectivity index (χ0n) is 14.6. The quantitative estimate of drug-likeness (QED) is 0.528. The summed E-state index contributed by atoms with van der Waals surface area (Å²) < 4.78 is 7.58. The average molecular weight is 330 g/mol. The number of ether oxygens (including phenoxy) is 1. The number of benzene rings is 3. The molecular formula is C22H22N2O. The number of fused-ring (bicyclic) bond motifs is 3. The first kappa shape index (κ1) is 15.6. The lowest BCUT2D eigenvalue weighted by atomic mass is 10.1. The lowest BCUT2D eigenvalue weighted by Gasteiger charge is -2.08.